The number of likely N-dealkylation sites (tertiary alicyclic amines) is 1. The summed E-state index contributed by atoms with van der Waals surface area (Å²) >= 11 is 0. The van der Waals surface area contributed by atoms with Crippen LogP contribution in [0.5, 0.6) is 0 Å². The standard InChI is InChI=1S/C17H29N3O2/c1-3-6-13(2)17(22)20-10-5-7-14(12-20)11-19-16(21)15-8-4-9-18-15/h6,14-15,18H,3-5,7-12H2,1-2H3,(H,19,21). The molecule has 2 N–H and O–H groups in total. The molecule has 124 valence electrons. The molecule has 2 fully saturated rings. The van der Waals surface area contributed by atoms with Crippen LogP contribution in [0.1, 0.15) is 46.0 Å². The molecule has 2 saturated heterocycles. The van der Waals surface area contributed by atoms with Crippen molar-refractivity contribution < 1.29 is 9.59 Å². The van der Waals surface area contributed by atoms with Gasteiger partial charge in [0, 0.05) is 25.2 Å². The minimum Gasteiger partial charge on any atom is -0.354 e. The maximum Gasteiger partial charge on any atom is 0.249 e. The molecule has 2 aliphatic rings. The Kier molecular flexibility index (Phi) is 6.43. The minimum atomic E-state index is -0.0175. The van der Waals surface area contributed by atoms with Crippen LogP contribution in [0.2, 0.25) is 0 Å². The van der Waals surface area contributed by atoms with E-state index in [4.69, 9.17) is 0 Å². The van der Waals surface area contributed by atoms with Crippen LogP contribution in [0.3, 0.4) is 0 Å². The van der Waals surface area contributed by atoms with Gasteiger partial charge in [0.05, 0.1) is 6.04 Å². The molecule has 0 saturated carbocycles. The Hall–Kier alpha value is -1.36. The van der Waals surface area contributed by atoms with E-state index in [9.17, 15) is 9.59 Å². The molecule has 2 amide bonds. The summed E-state index contributed by atoms with van der Waals surface area (Å²) in [7, 11) is 0. The fourth-order valence-electron chi connectivity index (χ4n) is 3.34. The second-order valence-corrected chi connectivity index (χ2v) is 6.45. The zero-order valence-corrected chi connectivity index (χ0v) is 13.9. The number of allylic oxidation sites excluding steroid dienone is 1. The maximum absolute atomic E-state index is 12.3. The average Bonchev–Trinajstić information content (AvgIpc) is 3.07. The Balaban J connectivity index is 1.79. The van der Waals surface area contributed by atoms with Crippen molar-refractivity contribution in [3.05, 3.63) is 11.6 Å². The average molecular weight is 307 g/mol. The number of carbonyl (C=O) groups is 2. The fraction of sp³-hybridized carbons (Fsp3) is 0.765. The van der Waals surface area contributed by atoms with Gasteiger partial charge < -0.3 is 15.5 Å². The number of amides is 2. The molecule has 0 aromatic carbocycles. The Bertz CT molecular complexity index is 428. The SMILES string of the molecule is CCC=C(C)C(=O)N1CCCC(CNC(=O)C2CCCN2)C1. The molecule has 0 aliphatic carbocycles. The van der Waals surface area contributed by atoms with E-state index in [-0.39, 0.29) is 17.9 Å². The van der Waals surface area contributed by atoms with Gasteiger partial charge in [-0.05, 0) is 51.5 Å². The third kappa shape index (κ3) is 4.57. The zero-order valence-electron chi connectivity index (χ0n) is 13.9. The largest absolute Gasteiger partial charge is 0.354 e. The van der Waals surface area contributed by atoms with E-state index in [1.165, 1.54) is 0 Å². The third-order valence-corrected chi connectivity index (χ3v) is 4.60. The van der Waals surface area contributed by atoms with Crippen molar-refractivity contribution in [1.29, 1.82) is 0 Å². The van der Waals surface area contributed by atoms with Crippen molar-refractivity contribution >= 4 is 11.8 Å². The first-order chi connectivity index (χ1) is 10.6. The molecule has 2 heterocycles. The monoisotopic (exact) mass is 307 g/mol. The first kappa shape index (κ1) is 17.0. The lowest BCUT2D eigenvalue weighted by Gasteiger charge is -2.33. The molecule has 5 heteroatoms. The van der Waals surface area contributed by atoms with Gasteiger partial charge in [-0.1, -0.05) is 13.0 Å². The molecule has 2 unspecified atom stereocenters. The summed E-state index contributed by atoms with van der Waals surface area (Å²) in [5, 5.41) is 6.27. The first-order valence-electron chi connectivity index (χ1n) is 8.59. The van der Waals surface area contributed by atoms with Gasteiger partial charge in [0.15, 0.2) is 0 Å². The lowest BCUT2D eigenvalue weighted by molar-refractivity contribution is -0.128. The number of nitrogens with zero attached hydrogens (tertiary/aromatic N) is 1. The van der Waals surface area contributed by atoms with Crippen LogP contribution in [0.4, 0.5) is 0 Å². The molecule has 0 aromatic heterocycles. The third-order valence-electron chi connectivity index (χ3n) is 4.60. The lowest BCUT2D eigenvalue weighted by atomic mass is 9.97. The summed E-state index contributed by atoms with van der Waals surface area (Å²) in [6, 6.07) is -0.0175. The van der Waals surface area contributed by atoms with Crippen LogP contribution < -0.4 is 10.6 Å². The summed E-state index contributed by atoms with van der Waals surface area (Å²) < 4.78 is 0. The van der Waals surface area contributed by atoms with Crippen LogP contribution in [0, 0.1) is 5.92 Å². The molecular formula is C17H29N3O2. The van der Waals surface area contributed by atoms with E-state index in [1.54, 1.807) is 0 Å². The fourth-order valence-corrected chi connectivity index (χ4v) is 3.34. The van der Waals surface area contributed by atoms with E-state index in [0.717, 1.165) is 57.3 Å². The Morgan fingerprint density at radius 2 is 2.14 bits per heavy atom. The van der Waals surface area contributed by atoms with Crippen LogP contribution in [-0.2, 0) is 9.59 Å². The van der Waals surface area contributed by atoms with Crippen molar-refractivity contribution in [2.45, 2.75) is 52.0 Å². The van der Waals surface area contributed by atoms with E-state index >= 15 is 0 Å². The molecule has 5 nitrogen and oxygen atoms in total. The van der Waals surface area contributed by atoms with Crippen molar-refractivity contribution in [1.82, 2.24) is 15.5 Å². The number of nitrogens with one attached hydrogen (secondary N) is 2. The first-order valence-corrected chi connectivity index (χ1v) is 8.59. The van der Waals surface area contributed by atoms with E-state index < -0.39 is 0 Å². The highest BCUT2D eigenvalue weighted by Crippen LogP contribution is 2.18. The van der Waals surface area contributed by atoms with E-state index in [1.807, 2.05) is 24.8 Å². The summed E-state index contributed by atoms with van der Waals surface area (Å²) in [6.45, 7) is 7.14. The molecule has 2 aliphatic heterocycles. The molecule has 22 heavy (non-hydrogen) atoms. The number of hydrogen-bond acceptors (Lipinski definition) is 3. The van der Waals surface area contributed by atoms with Gasteiger partial charge in [-0.3, -0.25) is 9.59 Å². The van der Waals surface area contributed by atoms with Crippen molar-refractivity contribution in [2.24, 2.45) is 5.92 Å². The van der Waals surface area contributed by atoms with Gasteiger partial charge in [-0.2, -0.15) is 0 Å². The summed E-state index contributed by atoms with van der Waals surface area (Å²) in [5.41, 5.74) is 0.836. The topological polar surface area (TPSA) is 61.4 Å². The van der Waals surface area contributed by atoms with Crippen LogP contribution in [0.25, 0.3) is 0 Å². The van der Waals surface area contributed by atoms with E-state index in [0.29, 0.717) is 12.5 Å². The van der Waals surface area contributed by atoms with Gasteiger partial charge in [0.1, 0.15) is 0 Å². The molecule has 0 bridgehead atoms. The number of piperidine rings is 1. The molecule has 0 spiro atoms. The highest BCUT2D eigenvalue weighted by molar-refractivity contribution is 5.92. The zero-order chi connectivity index (χ0) is 15.9. The Morgan fingerprint density at radius 1 is 1.32 bits per heavy atom. The van der Waals surface area contributed by atoms with Crippen molar-refractivity contribution in [2.75, 3.05) is 26.2 Å². The van der Waals surface area contributed by atoms with Crippen LogP contribution in [0.15, 0.2) is 11.6 Å². The second kappa shape index (κ2) is 8.32. The van der Waals surface area contributed by atoms with E-state index in [2.05, 4.69) is 10.6 Å². The van der Waals surface area contributed by atoms with Gasteiger partial charge in [0.25, 0.3) is 0 Å². The number of rotatable bonds is 5. The maximum atomic E-state index is 12.3. The van der Waals surface area contributed by atoms with Gasteiger partial charge in [-0.15, -0.1) is 0 Å². The molecule has 2 rings (SSSR count). The smallest absolute Gasteiger partial charge is 0.249 e. The molecular weight excluding hydrogens is 278 g/mol. The van der Waals surface area contributed by atoms with Gasteiger partial charge in [0.2, 0.25) is 11.8 Å². The Morgan fingerprint density at radius 3 is 2.82 bits per heavy atom. The highest BCUT2D eigenvalue weighted by atomic mass is 16.2. The lowest BCUT2D eigenvalue weighted by Crippen LogP contribution is -2.46. The van der Waals surface area contributed by atoms with Crippen molar-refractivity contribution in [3.63, 3.8) is 0 Å². The highest BCUT2D eigenvalue weighted by Gasteiger charge is 2.26. The number of carbonyl (C=O) groups excluding carboxylic acids is 2. The van der Waals surface area contributed by atoms with Crippen molar-refractivity contribution in [3.8, 4) is 0 Å². The summed E-state index contributed by atoms with van der Waals surface area (Å²) in [6.07, 6.45) is 6.99. The van der Waals surface area contributed by atoms with Crippen LogP contribution in [-0.4, -0.2) is 48.9 Å². The molecule has 0 radical (unpaired) electrons. The van der Waals surface area contributed by atoms with Gasteiger partial charge >= 0.3 is 0 Å². The van der Waals surface area contributed by atoms with Gasteiger partial charge in [-0.25, -0.2) is 0 Å². The molecule has 2 atom stereocenters. The predicted octanol–water partition coefficient (Wildman–Crippen LogP) is 1.45. The second-order valence-electron chi connectivity index (χ2n) is 6.45. The minimum absolute atomic E-state index is 0.0175. The molecule has 0 aromatic rings. The summed E-state index contributed by atoms with van der Waals surface area (Å²) in [5.74, 6) is 0.635. The summed E-state index contributed by atoms with van der Waals surface area (Å²) in [4.78, 5) is 26.3. The van der Waals surface area contributed by atoms with Crippen LogP contribution >= 0.6 is 0 Å². The Labute approximate surface area is 133 Å². The number of hydrogen-bond donors (Lipinski definition) is 2. The predicted molar refractivity (Wildman–Crippen MR) is 87.4 cm³/mol. The normalized spacial score (nSPS) is 26.1. The quantitative estimate of drug-likeness (QED) is 0.756.